The number of aromatic nitrogens is 2. The van der Waals surface area contributed by atoms with Crippen LogP contribution < -0.4 is 5.73 Å². The lowest BCUT2D eigenvalue weighted by molar-refractivity contribution is -0.325. The van der Waals surface area contributed by atoms with Crippen LogP contribution in [0, 0.1) is 6.92 Å². The number of rotatable bonds is 3. The lowest BCUT2D eigenvalue weighted by Crippen LogP contribution is -2.17. The Bertz CT molecular complexity index is 288. The van der Waals surface area contributed by atoms with Gasteiger partial charge in [-0.3, -0.25) is 9.42 Å². The van der Waals surface area contributed by atoms with Gasteiger partial charge >= 0.3 is 6.36 Å². The van der Waals surface area contributed by atoms with Crippen molar-refractivity contribution in [2.75, 3.05) is 12.3 Å². The van der Waals surface area contributed by atoms with Crippen molar-refractivity contribution >= 4 is 5.82 Å². The molecule has 0 amide bonds. The molecule has 1 heterocycles. The summed E-state index contributed by atoms with van der Waals surface area (Å²) in [5.74, 6) is 0.317. The Hall–Kier alpha value is -1.24. The summed E-state index contributed by atoms with van der Waals surface area (Å²) in [6.45, 7) is 1.28. The van der Waals surface area contributed by atoms with Crippen LogP contribution in [0.2, 0.25) is 0 Å². The average molecular weight is 209 g/mol. The molecule has 1 rings (SSSR count). The molecule has 4 nitrogen and oxygen atoms in total. The fourth-order valence-corrected chi connectivity index (χ4v) is 0.905. The number of hydrogen-bond acceptors (Lipinski definition) is 3. The van der Waals surface area contributed by atoms with E-state index in [0.717, 1.165) is 5.56 Å². The minimum atomic E-state index is -4.59. The number of aryl methyl sites for hydroxylation is 1. The second-order valence-corrected chi connectivity index (χ2v) is 2.75. The minimum absolute atomic E-state index is 0.0253. The Kier molecular flexibility index (Phi) is 3.00. The van der Waals surface area contributed by atoms with Gasteiger partial charge in [0, 0.05) is 11.8 Å². The Morgan fingerprint density at radius 1 is 1.57 bits per heavy atom. The summed E-state index contributed by atoms with van der Waals surface area (Å²) >= 11 is 0. The van der Waals surface area contributed by atoms with E-state index < -0.39 is 13.0 Å². The first-order valence-electron chi connectivity index (χ1n) is 3.89. The van der Waals surface area contributed by atoms with Gasteiger partial charge in [-0.25, -0.2) is 0 Å². The highest BCUT2D eigenvalue weighted by Gasteiger charge is 2.28. The number of halogens is 3. The predicted molar refractivity (Wildman–Crippen MR) is 43.4 cm³/mol. The van der Waals surface area contributed by atoms with E-state index >= 15 is 0 Å². The van der Waals surface area contributed by atoms with E-state index in [2.05, 4.69) is 9.84 Å². The molecule has 0 radical (unpaired) electrons. The standard InChI is InChI=1S/C7H10F3N3O/c1-5-4-13(12-6(5)11)2-3-14-7(8,9)10/h4H,2-3H2,1H3,(H2,11,12). The average Bonchev–Trinajstić information content (AvgIpc) is 2.28. The normalized spacial score (nSPS) is 12.0. The molecule has 0 spiro atoms. The third-order valence-electron chi connectivity index (χ3n) is 1.57. The van der Waals surface area contributed by atoms with E-state index in [1.54, 1.807) is 13.1 Å². The van der Waals surface area contributed by atoms with Crippen molar-refractivity contribution in [3.63, 3.8) is 0 Å². The molecular weight excluding hydrogens is 199 g/mol. The number of nitrogen functional groups attached to an aromatic ring is 1. The van der Waals surface area contributed by atoms with Gasteiger partial charge in [0.15, 0.2) is 0 Å². The fraction of sp³-hybridized carbons (Fsp3) is 0.571. The van der Waals surface area contributed by atoms with E-state index in [4.69, 9.17) is 5.73 Å². The highest BCUT2D eigenvalue weighted by Crippen LogP contribution is 2.16. The van der Waals surface area contributed by atoms with E-state index in [1.807, 2.05) is 0 Å². The quantitative estimate of drug-likeness (QED) is 0.816. The van der Waals surface area contributed by atoms with Crippen molar-refractivity contribution in [2.45, 2.75) is 19.8 Å². The molecule has 0 aliphatic rings. The zero-order chi connectivity index (χ0) is 10.8. The third kappa shape index (κ3) is 3.25. The number of anilines is 1. The summed E-state index contributed by atoms with van der Waals surface area (Å²) in [7, 11) is 0. The molecule has 0 saturated carbocycles. The highest BCUT2D eigenvalue weighted by atomic mass is 19.4. The van der Waals surface area contributed by atoms with Gasteiger partial charge < -0.3 is 5.73 Å². The van der Waals surface area contributed by atoms with E-state index in [1.165, 1.54) is 4.68 Å². The summed E-state index contributed by atoms with van der Waals surface area (Å²) in [6.07, 6.45) is -3.02. The maximum atomic E-state index is 11.6. The Labute approximate surface area is 78.4 Å². The molecule has 0 aromatic carbocycles. The monoisotopic (exact) mass is 209 g/mol. The van der Waals surface area contributed by atoms with Crippen molar-refractivity contribution in [2.24, 2.45) is 0 Å². The van der Waals surface area contributed by atoms with Crippen LogP contribution in [-0.4, -0.2) is 22.7 Å². The first-order chi connectivity index (χ1) is 6.38. The van der Waals surface area contributed by atoms with Gasteiger partial charge in [-0.05, 0) is 6.92 Å². The maximum absolute atomic E-state index is 11.6. The van der Waals surface area contributed by atoms with Crippen molar-refractivity contribution in [3.8, 4) is 0 Å². The van der Waals surface area contributed by atoms with E-state index in [-0.39, 0.29) is 6.54 Å². The number of nitrogens with two attached hydrogens (primary N) is 1. The highest BCUT2D eigenvalue weighted by molar-refractivity contribution is 5.35. The topological polar surface area (TPSA) is 53.1 Å². The van der Waals surface area contributed by atoms with Crippen molar-refractivity contribution in [1.29, 1.82) is 0 Å². The lowest BCUT2D eigenvalue weighted by Gasteiger charge is -2.06. The molecule has 1 aromatic heterocycles. The van der Waals surface area contributed by atoms with Crippen LogP contribution in [0.15, 0.2) is 6.20 Å². The molecule has 0 aliphatic heterocycles. The predicted octanol–water partition coefficient (Wildman–Crippen LogP) is 1.31. The van der Waals surface area contributed by atoms with Crippen molar-refractivity contribution in [1.82, 2.24) is 9.78 Å². The zero-order valence-electron chi connectivity index (χ0n) is 7.51. The Balaban J connectivity index is 2.39. The summed E-state index contributed by atoms with van der Waals surface area (Å²) in [5, 5.41) is 3.78. The van der Waals surface area contributed by atoms with Gasteiger partial charge in [0.2, 0.25) is 0 Å². The third-order valence-corrected chi connectivity index (χ3v) is 1.57. The van der Waals surface area contributed by atoms with Crippen LogP contribution >= 0.6 is 0 Å². The summed E-state index contributed by atoms with van der Waals surface area (Å²) in [6, 6.07) is 0. The molecule has 7 heteroatoms. The summed E-state index contributed by atoms with van der Waals surface area (Å²) < 4.78 is 39.6. The minimum Gasteiger partial charge on any atom is -0.382 e. The SMILES string of the molecule is Cc1cn(CCOC(F)(F)F)nc1N. The van der Waals surface area contributed by atoms with Crippen molar-refractivity contribution in [3.05, 3.63) is 11.8 Å². The molecule has 0 bridgehead atoms. The molecule has 0 unspecified atom stereocenters. The molecule has 0 saturated heterocycles. The van der Waals surface area contributed by atoms with Gasteiger partial charge in [-0.2, -0.15) is 5.10 Å². The van der Waals surface area contributed by atoms with Crippen LogP contribution in [0.25, 0.3) is 0 Å². The summed E-state index contributed by atoms with van der Waals surface area (Å²) in [4.78, 5) is 0. The van der Waals surface area contributed by atoms with Gasteiger partial charge in [0.25, 0.3) is 0 Å². The fourth-order valence-electron chi connectivity index (χ4n) is 0.905. The Morgan fingerprint density at radius 3 is 2.64 bits per heavy atom. The molecule has 0 aliphatic carbocycles. The van der Waals surface area contributed by atoms with Crippen LogP contribution in [0.5, 0.6) is 0 Å². The van der Waals surface area contributed by atoms with Crippen molar-refractivity contribution < 1.29 is 17.9 Å². The second-order valence-electron chi connectivity index (χ2n) is 2.75. The van der Waals surface area contributed by atoms with Crippen LogP contribution in [0.3, 0.4) is 0 Å². The summed E-state index contributed by atoms with van der Waals surface area (Å²) in [5.41, 5.74) is 6.14. The molecule has 14 heavy (non-hydrogen) atoms. The molecule has 0 fully saturated rings. The lowest BCUT2D eigenvalue weighted by atomic mass is 10.4. The largest absolute Gasteiger partial charge is 0.522 e. The molecule has 2 N–H and O–H groups in total. The maximum Gasteiger partial charge on any atom is 0.522 e. The number of alkyl halides is 3. The molecule has 80 valence electrons. The van der Waals surface area contributed by atoms with Gasteiger partial charge in [0.1, 0.15) is 5.82 Å². The number of ether oxygens (including phenoxy) is 1. The van der Waals surface area contributed by atoms with Crippen LogP contribution in [0.1, 0.15) is 5.56 Å². The Morgan fingerprint density at radius 2 is 2.21 bits per heavy atom. The first kappa shape index (κ1) is 10.8. The first-order valence-corrected chi connectivity index (χ1v) is 3.89. The van der Waals surface area contributed by atoms with Gasteiger partial charge in [-0.15, -0.1) is 13.2 Å². The van der Waals surface area contributed by atoms with Crippen LogP contribution in [-0.2, 0) is 11.3 Å². The second kappa shape index (κ2) is 3.87. The molecular formula is C7H10F3N3O. The van der Waals surface area contributed by atoms with Crippen LogP contribution in [0.4, 0.5) is 19.0 Å². The smallest absolute Gasteiger partial charge is 0.382 e. The molecule has 1 aromatic rings. The van der Waals surface area contributed by atoms with Gasteiger partial charge in [-0.1, -0.05) is 0 Å². The number of nitrogens with zero attached hydrogens (tertiary/aromatic N) is 2. The van der Waals surface area contributed by atoms with Gasteiger partial charge in [0.05, 0.1) is 13.2 Å². The zero-order valence-corrected chi connectivity index (χ0v) is 7.51. The van der Waals surface area contributed by atoms with E-state index in [0.29, 0.717) is 5.82 Å². The number of hydrogen-bond donors (Lipinski definition) is 1. The van der Waals surface area contributed by atoms with E-state index in [9.17, 15) is 13.2 Å². The molecule has 0 atom stereocenters.